The third-order valence-electron chi connectivity index (χ3n) is 3.14. The van der Waals surface area contributed by atoms with E-state index in [2.05, 4.69) is 5.10 Å². The molecule has 3 rings (SSSR count). The minimum absolute atomic E-state index is 0.235. The van der Waals surface area contributed by atoms with Gasteiger partial charge < -0.3 is 5.11 Å². The van der Waals surface area contributed by atoms with Gasteiger partial charge in [0.25, 0.3) is 0 Å². The van der Waals surface area contributed by atoms with E-state index in [-0.39, 0.29) is 11.5 Å². The van der Waals surface area contributed by atoms with Crippen LogP contribution in [-0.4, -0.2) is 20.9 Å². The average Bonchev–Trinajstić information content (AvgIpc) is 3.11. The predicted octanol–water partition coefficient (Wildman–Crippen LogP) is 3.75. The highest BCUT2D eigenvalue weighted by molar-refractivity contribution is 6.34. The summed E-state index contributed by atoms with van der Waals surface area (Å²) < 4.78 is 1.59. The van der Waals surface area contributed by atoms with Crippen LogP contribution < -0.4 is 0 Å². The van der Waals surface area contributed by atoms with E-state index >= 15 is 0 Å². The first-order chi connectivity index (χ1) is 9.08. The molecular formula is C13H10Cl2N2O2. The molecule has 1 aromatic heterocycles. The molecule has 1 aliphatic rings. The molecule has 4 nitrogen and oxygen atoms in total. The molecule has 1 N–H and O–H groups in total. The Kier molecular flexibility index (Phi) is 2.99. The molecule has 19 heavy (non-hydrogen) atoms. The van der Waals surface area contributed by atoms with Crippen LogP contribution in [0.5, 0.6) is 0 Å². The van der Waals surface area contributed by atoms with E-state index in [9.17, 15) is 9.90 Å². The van der Waals surface area contributed by atoms with Gasteiger partial charge in [-0.15, -0.1) is 0 Å². The number of carboxylic acids is 1. The van der Waals surface area contributed by atoms with Crippen LogP contribution in [0.1, 0.15) is 34.8 Å². The van der Waals surface area contributed by atoms with Crippen LogP contribution in [0.4, 0.5) is 0 Å². The van der Waals surface area contributed by atoms with Crippen molar-refractivity contribution in [3.63, 3.8) is 0 Å². The zero-order valence-electron chi connectivity index (χ0n) is 9.81. The van der Waals surface area contributed by atoms with Gasteiger partial charge in [-0.2, -0.15) is 5.10 Å². The third kappa shape index (κ3) is 2.22. The smallest absolute Gasteiger partial charge is 0.339 e. The maximum Gasteiger partial charge on any atom is 0.339 e. The Morgan fingerprint density at radius 2 is 2.11 bits per heavy atom. The maximum atomic E-state index is 11.2. The summed E-state index contributed by atoms with van der Waals surface area (Å²) in [5.41, 5.74) is 1.55. The Morgan fingerprint density at radius 3 is 2.74 bits per heavy atom. The van der Waals surface area contributed by atoms with E-state index in [1.165, 1.54) is 6.20 Å². The first kappa shape index (κ1) is 12.5. The monoisotopic (exact) mass is 296 g/mol. The standard InChI is InChI=1S/C13H10Cl2N2O2/c14-8-3-4-10(15)11(5-8)17-12(7-1-2-7)9(6-16-17)13(18)19/h3-7H,1-2H2,(H,18,19). The number of nitrogens with zero attached hydrogens (tertiary/aromatic N) is 2. The molecule has 0 saturated heterocycles. The van der Waals surface area contributed by atoms with Crippen molar-refractivity contribution >= 4 is 29.2 Å². The zero-order chi connectivity index (χ0) is 13.6. The third-order valence-corrected chi connectivity index (χ3v) is 3.69. The summed E-state index contributed by atoms with van der Waals surface area (Å²) >= 11 is 12.1. The second-order valence-corrected chi connectivity index (χ2v) is 5.37. The molecule has 1 fully saturated rings. The molecule has 1 aromatic carbocycles. The van der Waals surface area contributed by atoms with Crippen LogP contribution >= 0.6 is 23.2 Å². The molecule has 1 saturated carbocycles. The zero-order valence-corrected chi connectivity index (χ0v) is 11.3. The largest absolute Gasteiger partial charge is 0.478 e. The molecule has 0 unspecified atom stereocenters. The number of aromatic carboxylic acids is 1. The Hall–Kier alpha value is -1.52. The van der Waals surface area contributed by atoms with E-state index in [4.69, 9.17) is 23.2 Å². The number of hydrogen-bond acceptors (Lipinski definition) is 2. The van der Waals surface area contributed by atoms with Gasteiger partial charge in [0.1, 0.15) is 5.56 Å². The van der Waals surface area contributed by atoms with E-state index in [1.807, 2.05) is 0 Å². The summed E-state index contributed by atoms with van der Waals surface area (Å²) in [5, 5.41) is 14.4. The van der Waals surface area contributed by atoms with Crippen LogP contribution in [0.2, 0.25) is 10.0 Å². The van der Waals surface area contributed by atoms with Gasteiger partial charge in [0, 0.05) is 10.9 Å². The predicted molar refractivity (Wildman–Crippen MR) is 72.5 cm³/mol. The lowest BCUT2D eigenvalue weighted by Crippen LogP contribution is -2.06. The van der Waals surface area contributed by atoms with E-state index in [0.29, 0.717) is 21.4 Å². The summed E-state index contributed by atoms with van der Waals surface area (Å²) in [5.74, 6) is -0.727. The minimum atomic E-state index is -0.966. The van der Waals surface area contributed by atoms with Gasteiger partial charge in [-0.05, 0) is 31.0 Å². The number of benzene rings is 1. The highest BCUT2D eigenvalue weighted by atomic mass is 35.5. The number of hydrogen-bond donors (Lipinski definition) is 1. The van der Waals surface area contributed by atoms with Crippen molar-refractivity contribution in [2.75, 3.05) is 0 Å². The SMILES string of the molecule is O=C(O)c1cnn(-c2cc(Cl)ccc2Cl)c1C1CC1. The molecule has 1 aliphatic carbocycles. The Labute approximate surface area is 119 Å². The highest BCUT2D eigenvalue weighted by Crippen LogP contribution is 2.43. The normalized spacial score (nSPS) is 14.6. The van der Waals surface area contributed by atoms with Crippen LogP contribution in [0, 0.1) is 0 Å². The fraction of sp³-hybridized carbons (Fsp3) is 0.231. The topological polar surface area (TPSA) is 55.1 Å². The van der Waals surface area contributed by atoms with E-state index < -0.39 is 5.97 Å². The van der Waals surface area contributed by atoms with Crippen LogP contribution in [-0.2, 0) is 0 Å². The van der Waals surface area contributed by atoms with Gasteiger partial charge in [0.05, 0.1) is 22.6 Å². The highest BCUT2D eigenvalue weighted by Gasteiger charge is 2.33. The van der Waals surface area contributed by atoms with Gasteiger partial charge in [-0.1, -0.05) is 23.2 Å². The average molecular weight is 297 g/mol. The summed E-state index contributed by atoms with van der Waals surface area (Å²) in [4.78, 5) is 11.2. The van der Waals surface area contributed by atoms with Gasteiger partial charge >= 0.3 is 5.97 Å². The second-order valence-electron chi connectivity index (χ2n) is 4.53. The molecular weight excluding hydrogens is 287 g/mol. The lowest BCUT2D eigenvalue weighted by atomic mass is 10.1. The Bertz CT molecular complexity index is 663. The quantitative estimate of drug-likeness (QED) is 0.938. The van der Waals surface area contributed by atoms with Crippen molar-refractivity contribution in [1.82, 2.24) is 9.78 Å². The molecule has 0 amide bonds. The van der Waals surface area contributed by atoms with Crippen LogP contribution in [0.3, 0.4) is 0 Å². The molecule has 0 aliphatic heterocycles. The first-order valence-corrected chi connectivity index (χ1v) is 6.60. The van der Waals surface area contributed by atoms with Gasteiger partial charge in [0.15, 0.2) is 0 Å². The van der Waals surface area contributed by atoms with E-state index in [0.717, 1.165) is 12.8 Å². The maximum absolute atomic E-state index is 11.2. The van der Waals surface area contributed by atoms with Crippen LogP contribution in [0.25, 0.3) is 5.69 Å². The van der Waals surface area contributed by atoms with Gasteiger partial charge in [-0.3, -0.25) is 0 Å². The summed E-state index contributed by atoms with van der Waals surface area (Å²) in [6, 6.07) is 5.05. The van der Waals surface area contributed by atoms with Crippen molar-refractivity contribution < 1.29 is 9.90 Å². The molecule has 1 heterocycles. The molecule has 6 heteroatoms. The number of halogens is 2. The van der Waals surface area contributed by atoms with Crippen LogP contribution in [0.15, 0.2) is 24.4 Å². The minimum Gasteiger partial charge on any atom is -0.478 e. The molecule has 0 atom stereocenters. The molecule has 98 valence electrons. The summed E-state index contributed by atoms with van der Waals surface area (Å²) in [6.07, 6.45) is 3.32. The Balaban J connectivity index is 2.20. The number of carbonyl (C=O) groups is 1. The van der Waals surface area contributed by atoms with Crippen molar-refractivity contribution in [2.24, 2.45) is 0 Å². The summed E-state index contributed by atoms with van der Waals surface area (Å²) in [6.45, 7) is 0. The lowest BCUT2D eigenvalue weighted by Gasteiger charge is -2.09. The molecule has 0 radical (unpaired) electrons. The number of carboxylic acid groups (broad SMARTS) is 1. The molecule has 0 spiro atoms. The van der Waals surface area contributed by atoms with Gasteiger partial charge in [-0.25, -0.2) is 9.48 Å². The molecule has 0 bridgehead atoms. The lowest BCUT2D eigenvalue weighted by molar-refractivity contribution is 0.0695. The van der Waals surface area contributed by atoms with Crippen molar-refractivity contribution in [3.8, 4) is 5.69 Å². The first-order valence-electron chi connectivity index (χ1n) is 5.84. The number of rotatable bonds is 3. The van der Waals surface area contributed by atoms with E-state index in [1.54, 1.807) is 22.9 Å². The second kappa shape index (κ2) is 4.54. The van der Waals surface area contributed by atoms with Crippen molar-refractivity contribution in [1.29, 1.82) is 0 Å². The van der Waals surface area contributed by atoms with Crippen molar-refractivity contribution in [3.05, 3.63) is 45.7 Å². The fourth-order valence-electron chi connectivity index (χ4n) is 2.11. The number of aromatic nitrogens is 2. The van der Waals surface area contributed by atoms with Crippen molar-refractivity contribution in [2.45, 2.75) is 18.8 Å². The van der Waals surface area contributed by atoms with Gasteiger partial charge in [0.2, 0.25) is 0 Å². The molecule has 2 aromatic rings. The fourth-order valence-corrected chi connectivity index (χ4v) is 2.48. The Morgan fingerprint density at radius 1 is 1.37 bits per heavy atom. The summed E-state index contributed by atoms with van der Waals surface area (Å²) in [7, 11) is 0.